The molecule has 1 saturated heterocycles. The lowest BCUT2D eigenvalue weighted by Crippen LogP contribution is -2.38. The number of para-hydroxylation sites is 3. The molecule has 0 bridgehead atoms. The van der Waals surface area contributed by atoms with E-state index in [1.165, 1.54) is 16.4 Å². The van der Waals surface area contributed by atoms with Gasteiger partial charge in [-0.3, -0.25) is 0 Å². The summed E-state index contributed by atoms with van der Waals surface area (Å²) in [4.78, 5) is 7.34. The smallest absolute Gasteiger partial charge is 0.404 e. The molecule has 1 aliphatic rings. The Morgan fingerprint density at radius 3 is 2.38 bits per heavy atom. The first-order chi connectivity index (χ1) is 13.7. The molecule has 154 valence electrons. The molecule has 1 aliphatic heterocycles. The maximum Gasteiger partial charge on any atom is 0.573 e. The molecule has 2 aromatic carbocycles. The second-order valence-corrected chi connectivity index (χ2v) is 8.72. The van der Waals surface area contributed by atoms with Crippen molar-refractivity contribution in [2.24, 2.45) is 0 Å². The van der Waals surface area contributed by atoms with E-state index in [0.717, 1.165) is 29.0 Å². The molecule has 3 aromatic rings. The lowest BCUT2D eigenvalue weighted by molar-refractivity contribution is -0.275. The van der Waals surface area contributed by atoms with Crippen LogP contribution in [0.1, 0.15) is 24.6 Å². The number of nitrogens with one attached hydrogen (secondary N) is 1. The number of nitrogens with zero attached hydrogens (tertiary/aromatic N) is 2. The molecule has 6 nitrogen and oxygen atoms in total. The van der Waals surface area contributed by atoms with Crippen molar-refractivity contribution in [3.8, 4) is 5.75 Å². The van der Waals surface area contributed by atoms with Crippen molar-refractivity contribution in [2.45, 2.75) is 30.0 Å². The Labute approximate surface area is 165 Å². The minimum absolute atomic E-state index is 0.0514. The molecule has 1 aromatic heterocycles. The van der Waals surface area contributed by atoms with Gasteiger partial charge in [-0.25, -0.2) is 13.4 Å². The zero-order valence-electron chi connectivity index (χ0n) is 15.2. The molecule has 4 rings (SSSR count). The maximum absolute atomic E-state index is 12.9. The molecule has 0 amide bonds. The van der Waals surface area contributed by atoms with Crippen LogP contribution in [0.4, 0.5) is 13.2 Å². The number of aromatic nitrogens is 2. The Morgan fingerprint density at radius 1 is 1.03 bits per heavy atom. The van der Waals surface area contributed by atoms with E-state index >= 15 is 0 Å². The van der Waals surface area contributed by atoms with Gasteiger partial charge in [-0.05, 0) is 37.1 Å². The largest absolute Gasteiger partial charge is 0.573 e. The van der Waals surface area contributed by atoms with Gasteiger partial charge in [0, 0.05) is 19.0 Å². The molecular weight excluding hydrogens is 407 g/mol. The molecular formula is C19H18F3N3O3S. The summed E-state index contributed by atoms with van der Waals surface area (Å²) in [5, 5.41) is 0. The average Bonchev–Trinajstić information content (AvgIpc) is 3.11. The van der Waals surface area contributed by atoms with Gasteiger partial charge in [-0.15, -0.1) is 13.2 Å². The average molecular weight is 425 g/mol. The molecule has 1 fully saturated rings. The van der Waals surface area contributed by atoms with Crippen LogP contribution in [0.2, 0.25) is 0 Å². The number of hydrogen-bond donors (Lipinski definition) is 1. The normalized spacial score (nSPS) is 16.9. The van der Waals surface area contributed by atoms with E-state index in [-0.39, 0.29) is 19.0 Å². The van der Waals surface area contributed by atoms with Crippen LogP contribution in [-0.4, -0.2) is 42.1 Å². The highest BCUT2D eigenvalue weighted by atomic mass is 32.2. The number of H-pyrrole nitrogens is 1. The first-order valence-electron chi connectivity index (χ1n) is 9.03. The summed E-state index contributed by atoms with van der Waals surface area (Å²) in [7, 11) is -4.12. The minimum Gasteiger partial charge on any atom is -0.404 e. The van der Waals surface area contributed by atoms with Crippen molar-refractivity contribution in [2.75, 3.05) is 13.1 Å². The summed E-state index contributed by atoms with van der Waals surface area (Å²) in [6, 6.07) is 12.4. The summed E-state index contributed by atoms with van der Waals surface area (Å²) in [5.74, 6) is 0.124. The van der Waals surface area contributed by atoms with Gasteiger partial charge >= 0.3 is 6.36 Å². The zero-order chi connectivity index (χ0) is 20.6. The second-order valence-electron chi connectivity index (χ2n) is 6.81. The highest BCUT2D eigenvalue weighted by Crippen LogP contribution is 2.34. The zero-order valence-corrected chi connectivity index (χ0v) is 16.0. The topological polar surface area (TPSA) is 75.3 Å². The summed E-state index contributed by atoms with van der Waals surface area (Å²) in [5.41, 5.74) is 1.76. The molecule has 0 unspecified atom stereocenters. The summed E-state index contributed by atoms with van der Waals surface area (Å²) in [6.45, 7) is 0.370. The predicted octanol–water partition coefficient (Wildman–Crippen LogP) is 4.03. The number of halogens is 3. The lowest BCUT2D eigenvalue weighted by Gasteiger charge is -2.30. The van der Waals surface area contributed by atoms with Crippen LogP contribution in [-0.2, 0) is 10.0 Å². The van der Waals surface area contributed by atoms with E-state index in [9.17, 15) is 21.6 Å². The van der Waals surface area contributed by atoms with Crippen molar-refractivity contribution in [3.63, 3.8) is 0 Å². The van der Waals surface area contributed by atoms with E-state index in [2.05, 4.69) is 14.7 Å². The van der Waals surface area contributed by atoms with Crippen molar-refractivity contribution in [3.05, 3.63) is 54.4 Å². The van der Waals surface area contributed by atoms with Gasteiger partial charge < -0.3 is 9.72 Å². The SMILES string of the molecule is O=S(=O)(c1ccccc1OC(F)(F)F)N1CCC(c2nc3ccccc3[nH]2)CC1. The van der Waals surface area contributed by atoms with Gasteiger partial charge in [0.1, 0.15) is 16.5 Å². The monoisotopic (exact) mass is 425 g/mol. The van der Waals surface area contributed by atoms with Crippen LogP contribution in [0.5, 0.6) is 5.75 Å². The van der Waals surface area contributed by atoms with E-state index < -0.39 is 27.0 Å². The molecule has 0 radical (unpaired) electrons. The van der Waals surface area contributed by atoms with Crippen molar-refractivity contribution in [1.29, 1.82) is 0 Å². The van der Waals surface area contributed by atoms with E-state index in [1.807, 2.05) is 24.3 Å². The Balaban J connectivity index is 1.52. The summed E-state index contributed by atoms with van der Waals surface area (Å²) in [6.07, 6.45) is -3.94. The van der Waals surface area contributed by atoms with Gasteiger partial charge in [0.2, 0.25) is 10.0 Å². The van der Waals surface area contributed by atoms with Gasteiger partial charge in [0.05, 0.1) is 11.0 Å². The summed E-state index contributed by atoms with van der Waals surface area (Å²) < 4.78 is 68.9. The number of benzene rings is 2. The fraction of sp³-hybridized carbons (Fsp3) is 0.316. The van der Waals surface area contributed by atoms with Gasteiger partial charge in [-0.2, -0.15) is 4.31 Å². The van der Waals surface area contributed by atoms with Crippen LogP contribution in [0.25, 0.3) is 11.0 Å². The molecule has 0 saturated carbocycles. The third-order valence-electron chi connectivity index (χ3n) is 4.94. The quantitative estimate of drug-likeness (QED) is 0.685. The standard InChI is InChI=1S/C19H18F3N3O3S/c20-19(21,22)28-16-7-3-4-8-17(16)29(26,27)25-11-9-13(10-12-25)18-23-14-5-1-2-6-15(14)24-18/h1-8,13H,9-12H2,(H,23,24). The second kappa shape index (κ2) is 7.34. The molecule has 0 spiro atoms. The Kier molecular flexibility index (Phi) is 4.99. The molecule has 0 atom stereocenters. The Bertz CT molecular complexity index is 1090. The highest BCUT2D eigenvalue weighted by molar-refractivity contribution is 7.89. The van der Waals surface area contributed by atoms with Gasteiger partial charge in [-0.1, -0.05) is 24.3 Å². The Hall–Kier alpha value is -2.59. The molecule has 1 N–H and O–H groups in total. The van der Waals surface area contributed by atoms with Crippen LogP contribution in [0, 0.1) is 0 Å². The van der Waals surface area contributed by atoms with Crippen molar-refractivity contribution >= 4 is 21.1 Å². The number of ether oxygens (including phenoxy) is 1. The number of aromatic amines is 1. The number of imidazole rings is 1. The van der Waals surface area contributed by atoms with Crippen LogP contribution in [0.3, 0.4) is 0 Å². The van der Waals surface area contributed by atoms with Gasteiger partial charge in [0.15, 0.2) is 0 Å². The minimum atomic E-state index is -4.97. The third-order valence-corrected chi connectivity index (χ3v) is 6.88. The fourth-order valence-electron chi connectivity index (χ4n) is 3.55. The number of fused-ring (bicyclic) bond motifs is 1. The number of alkyl halides is 3. The number of piperidine rings is 1. The fourth-order valence-corrected chi connectivity index (χ4v) is 5.13. The maximum atomic E-state index is 12.9. The molecule has 10 heteroatoms. The van der Waals surface area contributed by atoms with Crippen LogP contribution < -0.4 is 4.74 Å². The number of sulfonamides is 1. The summed E-state index contributed by atoms with van der Waals surface area (Å²) >= 11 is 0. The molecule has 2 heterocycles. The highest BCUT2D eigenvalue weighted by Gasteiger charge is 2.37. The predicted molar refractivity (Wildman–Crippen MR) is 100.0 cm³/mol. The van der Waals surface area contributed by atoms with E-state index in [0.29, 0.717) is 12.8 Å². The van der Waals surface area contributed by atoms with E-state index in [1.54, 1.807) is 0 Å². The first kappa shape index (κ1) is 19.7. The molecule has 0 aliphatic carbocycles. The first-order valence-corrected chi connectivity index (χ1v) is 10.5. The third kappa shape index (κ3) is 4.08. The molecule has 29 heavy (non-hydrogen) atoms. The van der Waals surface area contributed by atoms with Crippen LogP contribution in [0.15, 0.2) is 53.4 Å². The van der Waals surface area contributed by atoms with Gasteiger partial charge in [0.25, 0.3) is 0 Å². The Morgan fingerprint density at radius 2 is 1.69 bits per heavy atom. The lowest BCUT2D eigenvalue weighted by atomic mass is 9.97. The van der Waals surface area contributed by atoms with Crippen molar-refractivity contribution < 1.29 is 26.3 Å². The number of rotatable bonds is 4. The van der Waals surface area contributed by atoms with E-state index in [4.69, 9.17) is 0 Å². The van der Waals surface area contributed by atoms with Crippen molar-refractivity contribution in [1.82, 2.24) is 14.3 Å². The van der Waals surface area contributed by atoms with Crippen LogP contribution >= 0.6 is 0 Å². The number of hydrogen-bond acceptors (Lipinski definition) is 4.